The van der Waals surface area contributed by atoms with Crippen molar-refractivity contribution in [3.05, 3.63) is 18.0 Å². The van der Waals surface area contributed by atoms with E-state index in [0.29, 0.717) is 28.9 Å². The molecule has 2 aromatic heterocycles. The van der Waals surface area contributed by atoms with Crippen molar-refractivity contribution in [2.24, 2.45) is 0 Å². The Morgan fingerprint density at radius 3 is 2.71 bits per heavy atom. The van der Waals surface area contributed by atoms with Crippen molar-refractivity contribution in [2.45, 2.75) is 37.5 Å². The minimum absolute atomic E-state index is 0.307. The molecule has 0 aliphatic carbocycles. The number of hydrogen-bond acceptors (Lipinski definition) is 8. The van der Waals surface area contributed by atoms with Crippen LogP contribution in [0, 0.1) is 6.92 Å². The third-order valence-corrected chi connectivity index (χ3v) is 3.10. The van der Waals surface area contributed by atoms with Crippen LogP contribution in [0.3, 0.4) is 0 Å². The average molecular weight is 306 g/mol. The molecule has 0 aliphatic heterocycles. The first-order valence-electron chi connectivity index (χ1n) is 6.81. The second kappa shape index (κ2) is 7.72. The molecule has 7 nitrogen and oxygen atoms in total. The van der Waals surface area contributed by atoms with Gasteiger partial charge in [0.15, 0.2) is 5.16 Å². The van der Waals surface area contributed by atoms with E-state index in [-0.39, 0.29) is 0 Å². The highest BCUT2D eigenvalue weighted by Gasteiger charge is 2.10. The summed E-state index contributed by atoms with van der Waals surface area (Å²) in [5.41, 5.74) is 0.899. The van der Waals surface area contributed by atoms with E-state index in [1.165, 1.54) is 11.8 Å². The van der Waals surface area contributed by atoms with Crippen molar-refractivity contribution in [2.75, 3.05) is 18.5 Å². The lowest BCUT2D eigenvalue weighted by Crippen LogP contribution is -2.08. The smallest absolute Gasteiger partial charge is 0.322 e. The van der Waals surface area contributed by atoms with Gasteiger partial charge in [-0.05, 0) is 38.1 Å². The van der Waals surface area contributed by atoms with Crippen LogP contribution in [0.4, 0.5) is 5.95 Å². The predicted molar refractivity (Wildman–Crippen MR) is 80.7 cm³/mol. The zero-order chi connectivity index (χ0) is 15.1. The van der Waals surface area contributed by atoms with Gasteiger partial charge in [-0.25, -0.2) is 9.97 Å². The van der Waals surface area contributed by atoms with Crippen LogP contribution in [-0.2, 0) is 0 Å². The molecule has 21 heavy (non-hydrogen) atoms. The van der Waals surface area contributed by atoms with Gasteiger partial charge in [-0.1, -0.05) is 6.92 Å². The van der Waals surface area contributed by atoms with Crippen molar-refractivity contribution in [3.8, 4) is 6.01 Å². The van der Waals surface area contributed by atoms with Gasteiger partial charge in [0.2, 0.25) is 11.1 Å². The first-order valence-corrected chi connectivity index (χ1v) is 7.63. The van der Waals surface area contributed by atoms with E-state index in [1.807, 2.05) is 19.9 Å². The summed E-state index contributed by atoms with van der Waals surface area (Å²) in [6.45, 7) is 7.18. The molecule has 112 valence electrons. The molecule has 0 bridgehead atoms. The zero-order valence-corrected chi connectivity index (χ0v) is 13.1. The third kappa shape index (κ3) is 4.82. The van der Waals surface area contributed by atoms with Crippen LogP contribution in [-0.4, -0.2) is 38.1 Å². The number of ether oxygens (including phenoxy) is 1. The SMILES string of the molecule is CCCNc1nc(OCC)nc(Sc2nccc(C)n2)n1. The molecule has 0 aliphatic rings. The number of aromatic nitrogens is 5. The molecule has 0 spiro atoms. The van der Waals surface area contributed by atoms with Crippen LogP contribution >= 0.6 is 11.8 Å². The highest BCUT2D eigenvalue weighted by molar-refractivity contribution is 7.99. The van der Waals surface area contributed by atoms with Crippen molar-refractivity contribution in [3.63, 3.8) is 0 Å². The molecule has 2 aromatic rings. The lowest BCUT2D eigenvalue weighted by atomic mass is 10.5. The first-order chi connectivity index (χ1) is 10.2. The first kappa shape index (κ1) is 15.4. The summed E-state index contributed by atoms with van der Waals surface area (Å²) in [4.78, 5) is 21.3. The highest BCUT2D eigenvalue weighted by atomic mass is 32.2. The fourth-order valence-corrected chi connectivity index (χ4v) is 2.17. The molecule has 2 heterocycles. The molecule has 0 atom stereocenters. The summed E-state index contributed by atoms with van der Waals surface area (Å²) in [7, 11) is 0. The summed E-state index contributed by atoms with van der Waals surface area (Å²) < 4.78 is 5.37. The van der Waals surface area contributed by atoms with Gasteiger partial charge in [0, 0.05) is 18.4 Å². The third-order valence-electron chi connectivity index (χ3n) is 2.36. The van der Waals surface area contributed by atoms with Crippen molar-refractivity contribution >= 4 is 17.7 Å². The number of hydrogen-bond donors (Lipinski definition) is 1. The second-order valence-electron chi connectivity index (χ2n) is 4.17. The minimum Gasteiger partial charge on any atom is -0.464 e. The van der Waals surface area contributed by atoms with Gasteiger partial charge >= 0.3 is 6.01 Å². The highest BCUT2D eigenvalue weighted by Crippen LogP contribution is 2.23. The standard InChI is InChI=1S/C13H18N6OS/c1-4-7-14-10-17-11(20-5-2)19-13(18-10)21-12-15-8-6-9(3)16-12/h6,8H,4-5,7H2,1-3H3,(H,14,17,18,19). The van der Waals surface area contributed by atoms with Gasteiger partial charge in [0.05, 0.1) is 6.61 Å². The largest absolute Gasteiger partial charge is 0.464 e. The lowest BCUT2D eigenvalue weighted by molar-refractivity contribution is 0.308. The number of nitrogens with zero attached hydrogens (tertiary/aromatic N) is 5. The normalized spacial score (nSPS) is 10.4. The van der Waals surface area contributed by atoms with Gasteiger partial charge in [-0.3, -0.25) is 0 Å². The maximum atomic E-state index is 5.37. The van der Waals surface area contributed by atoms with Gasteiger partial charge in [-0.15, -0.1) is 0 Å². The Morgan fingerprint density at radius 2 is 2.00 bits per heavy atom. The summed E-state index contributed by atoms with van der Waals surface area (Å²) >= 11 is 1.28. The molecule has 0 fully saturated rings. The van der Waals surface area contributed by atoms with Gasteiger partial charge in [-0.2, -0.15) is 15.0 Å². The molecule has 0 unspecified atom stereocenters. The monoisotopic (exact) mass is 306 g/mol. The fraction of sp³-hybridized carbons (Fsp3) is 0.462. The maximum absolute atomic E-state index is 5.37. The number of anilines is 1. The predicted octanol–water partition coefficient (Wildman–Crippen LogP) is 2.34. The zero-order valence-electron chi connectivity index (χ0n) is 12.3. The van der Waals surface area contributed by atoms with Gasteiger partial charge < -0.3 is 10.1 Å². The van der Waals surface area contributed by atoms with E-state index in [0.717, 1.165) is 18.7 Å². The molecule has 0 saturated heterocycles. The minimum atomic E-state index is 0.307. The van der Waals surface area contributed by atoms with E-state index in [2.05, 4.69) is 37.2 Å². The Labute approximate surface area is 128 Å². The van der Waals surface area contributed by atoms with Crippen LogP contribution in [0.5, 0.6) is 6.01 Å². The Morgan fingerprint density at radius 1 is 1.14 bits per heavy atom. The summed E-state index contributed by atoms with van der Waals surface area (Å²) in [5, 5.41) is 4.25. The van der Waals surface area contributed by atoms with Crippen LogP contribution in [0.15, 0.2) is 22.6 Å². The molecular weight excluding hydrogens is 288 g/mol. The summed E-state index contributed by atoms with van der Waals surface area (Å²) in [6.07, 6.45) is 2.70. The van der Waals surface area contributed by atoms with E-state index < -0.39 is 0 Å². The average Bonchev–Trinajstić information content (AvgIpc) is 2.45. The second-order valence-corrected chi connectivity index (χ2v) is 5.10. The molecule has 0 saturated carbocycles. The van der Waals surface area contributed by atoms with E-state index in [1.54, 1.807) is 6.20 Å². The van der Waals surface area contributed by atoms with Crippen LogP contribution in [0.25, 0.3) is 0 Å². The molecular formula is C13H18N6OS. The summed E-state index contributed by atoms with van der Waals surface area (Å²) in [6, 6.07) is 2.15. The van der Waals surface area contributed by atoms with E-state index in [9.17, 15) is 0 Å². The molecule has 1 N–H and O–H groups in total. The molecule has 0 radical (unpaired) electrons. The topological polar surface area (TPSA) is 85.7 Å². The van der Waals surface area contributed by atoms with Gasteiger partial charge in [0.1, 0.15) is 0 Å². The fourth-order valence-electron chi connectivity index (χ4n) is 1.45. The number of rotatable bonds is 7. The quantitative estimate of drug-likeness (QED) is 0.780. The Kier molecular flexibility index (Phi) is 5.68. The number of nitrogens with one attached hydrogen (secondary N) is 1. The van der Waals surface area contributed by atoms with Crippen LogP contribution < -0.4 is 10.1 Å². The van der Waals surface area contributed by atoms with Crippen LogP contribution in [0.2, 0.25) is 0 Å². The molecule has 8 heteroatoms. The Bertz CT molecular complexity index is 595. The van der Waals surface area contributed by atoms with Crippen molar-refractivity contribution < 1.29 is 4.74 Å². The Hall–Kier alpha value is -1.96. The maximum Gasteiger partial charge on any atom is 0.322 e. The van der Waals surface area contributed by atoms with E-state index >= 15 is 0 Å². The van der Waals surface area contributed by atoms with Crippen molar-refractivity contribution in [1.82, 2.24) is 24.9 Å². The van der Waals surface area contributed by atoms with Gasteiger partial charge in [0.25, 0.3) is 0 Å². The Balaban J connectivity index is 2.22. The molecule has 2 rings (SSSR count). The van der Waals surface area contributed by atoms with Crippen LogP contribution in [0.1, 0.15) is 26.0 Å². The number of aryl methyl sites for hydroxylation is 1. The molecule has 0 aromatic carbocycles. The van der Waals surface area contributed by atoms with Crippen molar-refractivity contribution in [1.29, 1.82) is 0 Å². The lowest BCUT2D eigenvalue weighted by Gasteiger charge is -2.07. The van der Waals surface area contributed by atoms with E-state index in [4.69, 9.17) is 4.74 Å². The molecule has 0 amide bonds. The summed E-state index contributed by atoms with van der Waals surface area (Å²) in [5.74, 6) is 0.505.